The number of aliphatic imine (C=N–C) groups is 1. The number of para-hydroxylation sites is 1. The van der Waals surface area contributed by atoms with Gasteiger partial charge in [-0.1, -0.05) is 54.2 Å². The van der Waals surface area contributed by atoms with E-state index in [0.717, 1.165) is 21.2 Å². The van der Waals surface area contributed by atoms with Gasteiger partial charge in [0.05, 0.1) is 22.9 Å². The van der Waals surface area contributed by atoms with Crippen molar-refractivity contribution in [1.82, 2.24) is 4.90 Å². The zero-order valence-electron chi connectivity index (χ0n) is 18.2. The van der Waals surface area contributed by atoms with E-state index in [1.54, 1.807) is 35.7 Å². The second-order valence-corrected chi connectivity index (χ2v) is 9.75. The van der Waals surface area contributed by atoms with Crippen LogP contribution in [0.25, 0.3) is 0 Å². The van der Waals surface area contributed by atoms with Crippen molar-refractivity contribution in [2.75, 3.05) is 11.9 Å². The van der Waals surface area contributed by atoms with Gasteiger partial charge in [-0.25, -0.2) is 4.99 Å². The Morgan fingerprint density at radius 1 is 0.909 bits per heavy atom. The second-order valence-electron chi connectivity index (χ2n) is 7.74. The fourth-order valence-corrected chi connectivity index (χ4v) is 6.05. The Hall–Kier alpha value is -3.29. The molecule has 0 N–H and O–H groups in total. The maximum Gasteiger partial charge on any atom is 0.269 e. The number of nitrogens with zero attached hydrogens (tertiary/aromatic N) is 3. The monoisotopic (exact) mass is 471 g/mol. The summed E-state index contributed by atoms with van der Waals surface area (Å²) in [6, 6.07) is 25.2. The molecule has 3 aromatic rings. The highest BCUT2D eigenvalue weighted by atomic mass is 32.2. The first-order valence-electron chi connectivity index (χ1n) is 10.5. The highest BCUT2D eigenvalue weighted by Crippen LogP contribution is 2.50. The molecule has 0 bridgehead atoms. The molecule has 33 heavy (non-hydrogen) atoms. The fourth-order valence-electron chi connectivity index (χ4n) is 3.71. The molecule has 0 radical (unpaired) electrons. The van der Waals surface area contributed by atoms with Crippen LogP contribution in [0.1, 0.15) is 22.8 Å². The molecule has 0 atom stereocenters. The lowest BCUT2D eigenvalue weighted by molar-refractivity contribution is -0.122. The number of amidine groups is 1. The van der Waals surface area contributed by atoms with Crippen LogP contribution in [0.2, 0.25) is 0 Å². The Morgan fingerprint density at radius 2 is 1.61 bits per heavy atom. The average Bonchev–Trinajstić information content (AvgIpc) is 3.32. The summed E-state index contributed by atoms with van der Waals surface area (Å²) in [5.41, 5.74) is 3.47. The molecule has 2 aliphatic heterocycles. The average molecular weight is 472 g/mol. The van der Waals surface area contributed by atoms with Crippen LogP contribution < -0.4 is 4.90 Å². The van der Waals surface area contributed by atoms with Gasteiger partial charge >= 0.3 is 0 Å². The maximum atomic E-state index is 13.6. The molecule has 0 aromatic heterocycles. The van der Waals surface area contributed by atoms with Crippen LogP contribution in [0, 0.1) is 0 Å². The summed E-state index contributed by atoms with van der Waals surface area (Å²) in [6.07, 6.45) is 0. The van der Waals surface area contributed by atoms with Gasteiger partial charge in [0, 0.05) is 17.5 Å². The topological polar surface area (TPSA) is 53.0 Å². The molecule has 0 spiro atoms. The lowest BCUT2D eigenvalue weighted by Crippen LogP contribution is -2.29. The summed E-state index contributed by atoms with van der Waals surface area (Å²) < 4.78 is 0. The first kappa shape index (κ1) is 21.6. The minimum absolute atomic E-state index is 0.0122. The highest BCUT2D eigenvalue weighted by molar-refractivity contribution is 8.19. The summed E-state index contributed by atoms with van der Waals surface area (Å²) in [5.74, 6) is -0.0386. The lowest BCUT2D eigenvalue weighted by atomic mass is 10.1. The van der Waals surface area contributed by atoms with Crippen LogP contribution in [0.3, 0.4) is 0 Å². The Balaban J connectivity index is 1.53. The van der Waals surface area contributed by atoms with Crippen LogP contribution in [0.5, 0.6) is 0 Å². The molecule has 2 aliphatic rings. The molecule has 1 fully saturated rings. The standard InChI is InChI=1S/C26H21N3O2S2/c1-17(30)19-12-14-20(15-13-19)27-26-29(16-18-8-4-3-5-9-18)24(31)23(33-26)25-28(2)21-10-6-7-11-22(21)32-25/h3-15H,16H2,1-2H3/b25-23+,27-26?. The molecule has 1 saturated heterocycles. The van der Waals surface area contributed by atoms with Gasteiger partial charge in [-0.15, -0.1) is 0 Å². The summed E-state index contributed by atoms with van der Waals surface area (Å²) in [6.45, 7) is 1.98. The largest absolute Gasteiger partial charge is 0.337 e. The molecular formula is C26H21N3O2S2. The van der Waals surface area contributed by atoms with Crippen molar-refractivity contribution in [3.63, 3.8) is 0 Å². The number of carbonyl (C=O) groups is 2. The first-order chi connectivity index (χ1) is 16.0. The van der Waals surface area contributed by atoms with Gasteiger partial charge in [-0.2, -0.15) is 0 Å². The molecule has 0 saturated carbocycles. The molecule has 1 amide bonds. The van der Waals surface area contributed by atoms with Crippen molar-refractivity contribution in [2.45, 2.75) is 18.4 Å². The third-order valence-corrected chi connectivity index (χ3v) is 7.91. The van der Waals surface area contributed by atoms with Gasteiger partial charge in [0.1, 0.15) is 4.91 Å². The highest BCUT2D eigenvalue weighted by Gasteiger charge is 2.39. The summed E-state index contributed by atoms with van der Waals surface area (Å²) in [5, 5.41) is 1.55. The second kappa shape index (κ2) is 8.92. The van der Waals surface area contributed by atoms with Crippen LogP contribution >= 0.6 is 23.5 Å². The molecule has 7 heteroatoms. The van der Waals surface area contributed by atoms with Crippen molar-refractivity contribution < 1.29 is 9.59 Å². The van der Waals surface area contributed by atoms with Gasteiger partial charge in [0.15, 0.2) is 11.0 Å². The van der Waals surface area contributed by atoms with Crippen LogP contribution in [0.4, 0.5) is 11.4 Å². The SMILES string of the molecule is CC(=O)c1ccc(N=C2S/C(=C3/Sc4ccccc4N3C)C(=O)N2Cc2ccccc2)cc1. The smallest absolute Gasteiger partial charge is 0.269 e. The number of anilines is 1. The van der Waals surface area contributed by atoms with Crippen LogP contribution in [-0.2, 0) is 11.3 Å². The van der Waals surface area contributed by atoms with E-state index in [1.807, 2.05) is 61.6 Å². The lowest BCUT2D eigenvalue weighted by Gasteiger charge is -2.17. The zero-order chi connectivity index (χ0) is 22.9. The van der Waals surface area contributed by atoms with Gasteiger partial charge < -0.3 is 4.90 Å². The van der Waals surface area contributed by atoms with Crippen LogP contribution in [-0.4, -0.2) is 28.8 Å². The first-order valence-corrected chi connectivity index (χ1v) is 12.1. The Bertz CT molecular complexity index is 1300. The van der Waals surface area contributed by atoms with Crippen molar-refractivity contribution in [1.29, 1.82) is 0 Å². The number of hydrogen-bond acceptors (Lipinski definition) is 6. The van der Waals surface area contributed by atoms with E-state index >= 15 is 0 Å². The normalized spacial score (nSPS) is 18.8. The van der Waals surface area contributed by atoms with Gasteiger partial charge in [-0.05, 0) is 60.6 Å². The number of rotatable bonds is 4. The van der Waals surface area contributed by atoms with E-state index in [0.29, 0.717) is 27.9 Å². The van der Waals surface area contributed by atoms with Crippen LogP contribution in [0.15, 0.2) is 98.7 Å². The molecular weight excluding hydrogens is 450 g/mol. The third kappa shape index (κ3) is 4.21. The van der Waals surface area contributed by atoms with E-state index in [9.17, 15) is 9.59 Å². The third-order valence-electron chi connectivity index (χ3n) is 5.48. The van der Waals surface area contributed by atoms with E-state index in [1.165, 1.54) is 11.8 Å². The maximum absolute atomic E-state index is 13.6. The molecule has 5 nitrogen and oxygen atoms in total. The predicted octanol–water partition coefficient (Wildman–Crippen LogP) is 6.06. The van der Waals surface area contributed by atoms with Gasteiger partial charge in [0.25, 0.3) is 5.91 Å². The number of Topliss-reactive ketones (excluding diaryl/α,β-unsaturated/α-hetero) is 1. The molecule has 2 heterocycles. The van der Waals surface area contributed by atoms with Crippen molar-refractivity contribution in [3.8, 4) is 0 Å². The van der Waals surface area contributed by atoms with E-state index in [4.69, 9.17) is 4.99 Å². The molecule has 3 aromatic carbocycles. The molecule has 0 unspecified atom stereocenters. The fraction of sp³-hybridized carbons (Fsp3) is 0.115. The van der Waals surface area contributed by atoms with Crippen molar-refractivity contribution >= 4 is 51.8 Å². The Labute approximate surface area is 201 Å². The number of hydrogen-bond donors (Lipinski definition) is 0. The summed E-state index contributed by atoms with van der Waals surface area (Å²) in [7, 11) is 1.99. The number of thioether (sulfide) groups is 2. The Kier molecular flexibility index (Phi) is 5.83. The van der Waals surface area contributed by atoms with Gasteiger partial charge in [0.2, 0.25) is 0 Å². The van der Waals surface area contributed by atoms with Crippen molar-refractivity contribution in [3.05, 3.63) is 99.9 Å². The Morgan fingerprint density at radius 3 is 2.30 bits per heavy atom. The molecule has 5 rings (SSSR count). The number of fused-ring (bicyclic) bond motifs is 1. The molecule has 164 valence electrons. The molecule has 0 aliphatic carbocycles. The zero-order valence-corrected chi connectivity index (χ0v) is 19.8. The quantitative estimate of drug-likeness (QED) is 0.342. The van der Waals surface area contributed by atoms with E-state index < -0.39 is 0 Å². The number of carbonyl (C=O) groups excluding carboxylic acids is 2. The number of benzene rings is 3. The number of amides is 1. The minimum atomic E-state index is -0.0508. The van der Waals surface area contributed by atoms with E-state index in [-0.39, 0.29) is 11.7 Å². The summed E-state index contributed by atoms with van der Waals surface area (Å²) in [4.78, 5) is 35.6. The summed E-state index contributed by atoms with van der Waals surface area (Å²) >= 11 is 3.01. The van der Waals surface area contributed by atoms with E-state index in [2.05, 4.69) is 17.0 Å². The number of ketones is 1. The predicted molar refractivity (Wildman–Crippen MR) is 136 cm³/mol. The van der Waals surface area contributed by atoms with Gasteiger partial charge in [-0.3, -0.25) is 14.5 Å². The van der Waals surface area contributed by atoms with Crippen molar-refractivity contribution in [2.24, 2.45) is 4.99 Å². The minimum Gasteiger partial charge on any atom is -0.337 e.